The van der Waals surface area contributed by atoms with E-state index in [1.807, 2.05) is 19.1 Å². The topological polar surface area (TPSA) is 46.2 Å². The number of rotatable bonds is 5. The quantitative estimate of drug-likeness (QED) is 0.875. The maximum Gasteiger partial charge on any atom is 0.0856 e. The molecule has 1 aromatic carbocycles. The van der Waals surface area contributed by atoms with E-state index in [1.165, 1.54) is 0 Å². The van der Waals surface area contributed by atoms with Crippen LogP contribution in [0.4, 0.5) is 0 Å². The van der Waals surface area contributed by atoms with Crippen LogP contribution in [0.2, 0.25) is 10.0 Å². The molecule has 0 aromatic heterocycles. The van der Waals surface area contributed by atoms with E-state index in [2.05, 4.69) is 0 Å². The van der Waals surface area contributed by atoms with E-state index in [0.717, 1.165) is 11.3 Å². The monoisotopic (exact) mass is 293 g/mol. The van der Waals surface area contributed by atoms with Crippen LogP contribution in [-0.2, 0) is 5.75 Å². The molecule has 96 valence electrons. The van der Waals surface area contributed by atoms with Gasteiger partial charge >= 0.3 is 0 Å². The molecule has 2 atom stereocenters. The van der Waals surface area contributed by atoms with Crippen molar-refractivity contribution in [3.05, 3.63) is 33.8 Å². The molecular weight excluding hydrogens is 277 g/mol. The third-order valence-corrected chi connectivity index (χ3v) is 4.87. The number of hydrogen-bond donors (Lipinski definition) is 2. The van der Waals surface area contributed by atoms with E-state index >= 15 is 0 Å². The van der Waals surface area contributed by atoms with E-state index in [9.17, 15) is 5.11 Å². The molecule has 0 saturated heterocycles. The lowest BCUT2D eigenvalue weighted by Crippen LogP contribution is -2.42. The Morgan fingerprint density at radius 3 is 2.65 bits per heavy atom. The van der Waals surface area contributed by atoms with Crippen LogP contribution in [0.15, 0.2) is 18.2 Å². The Bertz CT molecular complexity index is 385. The number of halogens is 2. The second-order valence-corrected chi connectivity index (χ2v) is 6.42. The van der Waals surface area contributed by atoms with Gasteiger partial charge in [0.1, 0.15) is 0 Å². The van der Waals surface area contributed by atoms with Gasteiger partial charge < -0.3 is 10.8 Å². The molecule has 17 heavy (non-hydrogen) atoms. The first kappa shape index (κ1) is 15.1. The van der Waals surface area contributed by atoms with Crippen LogP contribution >= 0.6 is 35.0 Å². The molecule has 5 heteroatoms. The van der Waals surface area contributed by atoms with Crippen molar-refractivity contribution < 1.29 is 5.11 Å². The minimum atomic E-state index is -0.858. The Labute approximate surface area is 116 Å². The SMILES string of the molecule is CC(SCc1ccc(Cl)cc1Cl)C(C)(O)CN. The summed E-state index contributed by atoms with van der Waals surface area (Å²) in [6.07, 6.45) is 0. The lowest BCUT2D eigenvalue weighted by molar-refractivity contribution is 0.0711. The number of aliphatic hydroxyl groups is 1. The van der Waals surface area contributed by atoms with Crippen molar-refractivity contribution in [2.24, 2.45) is 5.73 Å². The average Bonchev–Trinajstić information content (AvgIpc) is 2.27. The van der Waals surface area contributed by atoms with Crippen molar-refractivity contribution in [1.29, 1.82) is 0 Å². The summed E-state index contributed by atoms with van der Waals surface area (Å²) >= 11 is 13.5. The summed E-state index contributed by atoms with van der Waals surface area (Å²) in [5.74, 6) is 0.729. The van der Waals surface area contributed by atoms with Crippen LogP contribution in [0.1, 0.15) is 19.4 Å². The van der Waals surface area contributed by atoms with Crippen molar-refractivity contribution in [3.63, 3.8) is 0 Å². The molecule has 0 saturated carbocycles. The fourth-order valence-corrected chi connectivity index (χ4v) is 2.89. The summed E-state index contributed by atoms with van der Waals surface area (Å²) in [5, 5.41) is 11.3. The van der Waals surface area contributed by atoms with Crippen LogP contribution in [0, 0.1) is 0 Å². The van der Waals surface area contributed by atoms with Crippen molar-refractivity contribution in [3.8, 4) is 0 Å². The molecule has 1 aromatic rings. The fraction of sp³-hybridized carbons (Fsp3) is 0.500. The van der Waals surface area contributed by atoms with Gasteiger partial charge in [-0.25, -0.2) is 0 Å². The lowest BCUT2D eigenvalue weighted by atomic mass is 10.0. The van der Waals surface area contributed by atoms with Gasteiger partial charge in [-0.05, 0) is 24.6 Å². The van der Waals surface area contributed by atoms with Crippen LogP contribution in [-0.4, -0.2) is 22.5 Å². The van der Waals surface area contributed by atoms with E-state index in [1.54, 1.807) is 24.8 Å². The highest BCUT2D eigenvalue weighted by molar-refractivity contribution is 7.99. The molecule has 3 N–H and O–H groups in total. The molecule has 1 rings (SSSR count). The van der Waals surface area contributed by atoms with Gasteiger partial charge in [-0.15, -0.1) is 0 Å². The minimum Gasteiger partial charge on any atom is -0.388 e. The zero-order valence-corrected chi connectivity index (χ0v) is 12.2. The molecule has 0 aliphatic rings. The molecule has 0 radical (unpaired) electrons. The first-order valence-electron chi connectivity index (χ1n) is 5.35. The van der Waals surface area contributed by atoms with Gasteiger partial charge in [0.05, 0.1) is 5.60 Å². The van der Waals surface area contributed by atoms with Crippen molar-refractivity contribution in [2.45, 2.75) is 30.5 Å². The molecule has 0 aliphatic heterocycles. The number of nitrogens with two attached hydrogens (primary N) is 1. The van der Waals surface area contributed by atoms with Crippen molar-refractivity contribution in [1.82, 2.24) is 0 Å². The summed E-state index contributed by atoms with van der Waals surface area (Å²) < 4.78 is 0. The Balaban J connectivity index is 2.62. The highest BCUT2D eigenvalue weighted by Gasteiger charge is 2.26. The minimum absolute atomic E-state index is 0.0410. The fourth-order valence-electron chi connectivity index (χ4n) is 1.20. The number of thioether (sulfide) groups is 1. The van der Waals surface area contributed by atoms with Crippen LogP contribution in [0.3, 0.4) is 0 Å². The standard InChI is InChI=1S/C12H17Cl2NOS/c1-8(12(2,16)7-15)17-6-9-3-4-10(13)5-11(9)14/h3-5,8,16H,6-7,15H2,1-2H3. The van der Waals surface area contributed by atoms with Gasteiger partial charge in [-0.3, -0.25) is 0 Å². The summed E-state index contributed by atoms with van der Waals surface area (Å²) in [5.41, 5.74) is 5.68. The molecule has 0 amide bonds. The van der Waals surface area contributed by atoms with E-state index in [4.69, 9.17) is 28.9 Å². The second-order valence-electron chi connectivity index (χ2n) is 4.25. The predicted octanol–water partition coefficient (Wildman–Crippen LogP) is 3.32. The normalized spacial score (nSPS) is 16.6. The largest absolute Gasteiger partial charge is 0.388 e. The van der Waals surface area contributed by atoms with Crippen LogP contribution in [0.25, 0.3) is 0 Å². The molecule has 0 aliphatic carbocycles. The molecule has 0 heterocycles. The molecule has 2 nitrogen and oxygen atoms in total. The lowest BCUT2D eigenvalue weighted by Gasteiger charge is -2.28. The van der Waals surface area contributed by atoms with Crippen molar-refractivity contribution >= 4 is 35.0 Å². The van der Waals surface area contributed by atoms with Gasteiger partial charge in [0.2, 0.25) is 0 Å². The van der Waals surface area contributed by atoms with Gasteiger partial charge in [-0.2, -0.15) is 11.8 Å². The first-order chi connectivity index (χ1) is 7.86. The highest BCUT2D eigenvalue weighted by Crippen LogP contribution is 2.29. The van der Waals surface area contributed by atoms with Crippen LogP contribution < -0.4 is 5.73 Å². The molecule has 0 fully saturated rings. The maximum absolute atomic E-state index is 9.98. The summed E-state index contributed by atoms with van der Waals surface area (Å²) in [4.78, 5) is 0. The Morgan fingerprint density at radius 2 is 2.12 bits per heavy atom. The summed E-state index contributed by atoms with van der Waals surface area (Å²) in [6, 6.07) is 5.45. The molecule has 2 unspecified atom stereocenters. The van der Waals surface area contributed by atoms with E-state index < -0.39 is 5.60 Å². The smallest absolute Gasteiger partial charge is 0.0856 e. The summed E-state index contributed by atoms with van der Waals surface area (Å²) in [6.45, 7) is 3.95. The Morgan fingerprint density at radius 1 is 1.47 bits per heavy atom. The molecular formula is C12H17Cl2NOS. The van der Waals surface area contributed by atoms with Crippen LogP contribution in [0.5, 0.6) is 0 Å². The van der Waals surface area contributed by atoms with Gasteiger partial charge in [0.15, 0.2) is 0 Å². The van der Waals surface area contributed by atoms with Crippen molar-refractivity contribution in [2.75, 3.05) is 6.54 Å². The maximum atomic E-state index is 9.98. The third kappa shape index (κ3) is 4.34. The zero-order chi connectivity index (χ0) is 13.1. The number of hydrogen-bond acceptors (Lipinski definition) is 3. The molecule has 0 bridgehead atoms. The summed E-state index contributed by atoms with van der Waals surface area (Å²) in [7, 11) is 0. The third-order valence-electron chi connectivity index (χ3n) is 2.79. The van der Waals surface area contributed by atoms with Gasteiger partial charge in [0.25, 0.3) is 0 Å². The molecule has 0 spiro atoms. The zero-order valence-electron chi connectivity index (χ0n) is 9.91. The second kappa shape index (κ2) is 6.30. The van der Waals surface area contributed by atoms with E-state index in [0.29, 0.717) is 10.0 Å². The Hall–Kier alpha value is 0.0700. The number of benzene rings is 1. The highest BCUT2D eigenvalue weighted by atomic mass is 35.5. The van der Waals surface area contributed by atoms with Gasteiger partial charge in [-0.1, -0.05) is 36.2 Å². The average molecular weight is 294 g/mol. The predicted molar refractivity (Wildman–Crippen MR) is 76.9 cm³/mol. The van der Waals surface area contributed by atoms with E-state index in [-0.39, 0.29) is 11.8 Å². The van der Waals surface area contributed by atoms with Gasteiger partial charge in [0, 0.05) is 27.6 Å². The first-order valence-corrected chi connectivity index (χ1v) is 7.15. The Kier molecular flexibility index (Phi) is 5.61.